The van der Waals surface area contributed by atoms with Gasteiger partial charge in [-0.15, -0.1) is 0 Å². The van der Waals surface area contributed by atoms with Crippen molar-refractivity contribution in [3.63, 3.8) is 0 Å². The summed E-state index contributed by atoms with van der Waals surface area (Å²) < 4.78 is 13.3. The molecule has 0 aliphatic rings. The summed E-state index contributed by atoms with van der Waals surface area (Å²) in [5.41, 5.74) is 0.614. The minimum absolute atomic E-state index is 0.0704. The molecule has 0 heterocycles. The number of anilines is 2. The Bertz CT molecular complexity index is 398. The maximum atomic E-state index is 13.3. The van der Waals surface area contributed by atoms with Crippen molar-refractivity contribution in [3.05, 3.63) is 24.0 Å². The molecule has 0 spiro atoms. The Morgan fingerprint density at radius 3 is 2.82 bits per heavy atom. The van der Waals surface area contributed by atoms with Gasteiger partial charge in [-0.2, -0.15) is 0 Å². The Balaban J connectivity index is 2.71. The summed E-state index contributed by atoms with van der Waals surface area (Å²) >= 11 is 0. The molecule has 0 saturated carbocycles. The van der Waals surface area contributed by atoms with E-state index in [0.29, 0.717) is 5.69 Å². The Morgan fingerprint density at radius 1 is 1.53 bits per heavy atom. The summed E-state index contributed by atoms with van der Waals surface area (Å²) in [5.74, 6) is -0.898. The number of carbonyl (C=O) groups is 1. The van der Waals surface area contributed by atoms with E-state index in [9.17, 15) is 9.18 Å². The number of aliphatic hydroxyl groups is 2. The number of halogens is 1. The molecule has 0 saturated heterocycles. The topological polar surface area (TPSA) is 81.6 Å². The normalized spacial score (nSPS) is 12.0. The first-order valence-corrected chi connectivity index (χ1v) is 5.13. The van der Waals surface area contributed by atoms with E-state index in [2.05, 4.69) is 10.6 Å². The molecule has 0 bridgehead atoms. The van der Waals surface area contributed by atoms with E-state index in [1.165, 1.54) is 25.1 Å². The number of nitrogens with one attached hydrogen (secondary N) is 2. The van der Waals surface area contributed by atoms with Crippen LogP contribution >= 0.6 is 0 Å². The second kappa shape index (κ2) is 6.17. The molecule has 0 fully saturated rings. The molecule has 6 heteroatoms. The summed E-state index contributed by atoms with van der Waals surface area (Å²) in [6, 6.07) is 4.10. The molecule has 0 aromatic heterocycles. The van der Waals surface area contributed by atoms with E-state index in [-0.39, 0.29) is 24.7 Å². The van der Waals surface area contributed by atoms with Crippen molar-refractivity contribution in [1.82, 2.24) is 0 Å². The van der Waals surface area contributed by atoms with Crippen molar-refractivity contribution in [2.24, 2.45) is 0 Å². The fraction of sp³-hybridized carbons (Fsp3) is 0.364. The first-order chi connectivity index (χ1) is 8.02. The van der Waals surface area contributed by atoms with Gasteiger partial charge < -0.3 is 20.8 Å². The number of rotatable bonds is 5. The highest BCUT2D eigenvalue weighted by Crippen LogP contribution is 2.19. The van der Waals surface area contributed by atoms with Gasteiger partial charge in [0, 0.05) is 19.2 Å². The van der Waals surface area contributed by atoms with E-state index in [0.717, 1.165) is 0 Å². The predicted octanol–water partition coefficient (Wildman–Crippen LogP) is 0.549. The smallest absolute Gasteiger partial charge is 0.221 e. The average Bonchev–Trinajstić information content (AvgIpc) is 2.29. The Morgan fingerprint density at radius 2 is 2.24 bits per heavy atom. The van der Waals surface area contributed by atoms with Crippen LogP contribution in [0.4, 0.5) is 15.8 Å². The zero-order valence-corrected chi connectivity index (χ0v) is 9.40. The second-order valence-electron chi connectivity index (χ2n) is 3.59. The first kappa shape index (κ1) is 13.4. The third-order valence-electron chi connectivity index (χ3n) is 2.03. The molecule has 1 rings (SSSR count). The third kappa shape index (κ3) is 4.38. The molecule has 1 aromatic rings. The third-order valence-corrected chi connectivity index (χ3v) is 2.03. The van der Waals surface area contributed by atoms with Crippen LogP contribution in [0.25, 0.3) is 0 Å². The van der Waals surface area contributed by atoms with E-state index in [4.69, 9.17) is 10.2 Å². The van der Waals surface area contributed by atoms with Crippen LogP contribution in [0.2, 0.25) is 0 Å². The summed E-state index contributed by atoms with van der Waals surface area (Å²) in [7, 11) is 0. The van der Waals surface area contributed by atoms with Crippen LogP contribution in [0.15, 0.2) is 18.2 Å². The van der Waals surface area contributed by atoms with Crippen LogP contribution in [0.3, 0.4) is 0 Å². The lowest BCUT2D eigenvalue weighted by Crippen LogP contribution is -2.23. The van der Waals surface area contributed by atoms with Crippen molar-refractivity contribution >= 4 is 17.3 Å². The van der Waals surface area contributed by atoms with Gasteiger partial charge in [-0.05, 0) is 18.2 Å². The van der Waals surface area contributed by atoms with Crippen molar-refractivity contribution in [1.29, 1.82) is 0 Å². The van der Waals surface area contributed by atoms with Crippen LogP contribution in [0, 0.1) is 5.82 Å². The first-order valence-electron chi connectivity index (χ1n) is 5.13. The summed E-state index contributed by atoms with van der Waals surface area (Å²) in [6.07, 6.45) is -0.885. The average molecular weight is 242 g/mol. The maximum Gasteiger partial charge on any atom is 0.221 e. The lowest BCUT2D eigenvalue weighted by molar-refractivity contribution is -0.114. The second-order valence-corrected chi connectivity index (χ2v) is 3.59. The predicted molar refractivity (Wildman–Crippen MR) is 62.3 cm³/mol. The fourth-order valence-corrected chi connectivity index (χ4v) is 1.22. The Labute approximate surface area is 98.3 Å². The standard InChI is InChI=1S/C11H15FN2O3/c1-7(16)14-11-4-8(2-3-10(11)12)13-5-9(17)6-15/h2-4,9,13,15,17H,5-6H2,1H3,(H,14,16). The van der Waals surface area contributed by atoms with Crippen LogP contribution < -0.4 is 10.6 Å². The fourth-order valence-electron chi connectivity index (χ4n) is 1.22. The van der Waals surface area contributed by atoms with Gasteiger partial charge in [-0.25, -0.2) is 4.39 Å². The van der Waals surface area contributed by atoms with Crippen LogP contribution in [-0.2, 0) is 4.79 Å². The highest BCUT2D eigenvalue weighted by molar-refractivity contribution is 5.89. The SMILES string of the molecule is CC(=O)Nc1cc(NCC(O)CO)ccc1F. The molecule has 94 valence electrons. The van der Waals surface area contributed by atoms with Crippen LogP contribution in [0.5, 0.6) is 0 Å². The molecule has 0 aliphatic carbocycles. The van der Waals surface area contributed by atoms with Gasteiger partial charge in [-0.1, -0.05) is 0 Å². The molecule has 1 aromatic carbocycles. The van der Waals surface area contributed by atoms with E-state index in [1.54, 1.807) is 0 Å². The molecule has 1 amide bonds. The molecular formula is C11H15FN2O3. The van der Waals surface area contributed by atoms with Gasteiger partial charge in [-0.3, -0.25) is 4.79 Å². The minimum Gasteiger partial charge on any atom is -0.394 e. The highest BCUT2D eigenvalue weighted by Gasteiger charge is 2.06. The number of hydrogen-bond donors (Lipinski definition) is 4. The molecule has 4 N–H and O–H groups in total. The van der Waals surface area contributed by atoms with Crippen molar-refractivity contribution in [2.75, 3.05) is 23.8 Å². The Kier molecular flexibility index (Phi) is 4.86. The van der Waals surface area contributed by atoms with Gasteiger partial charge in [0.05, 0.1) is 18.4 Å². The van der Waals surface area contributed by atoms with E-state index >= 15 is 0 Å². The van der Waals surface area contributed by atoms with Crippen molar-refractivity contribution in [3.8, 4) is 0 Å². The number of aliphatic hydroxyl groups excluding tert-OH is 2. The van der Waals surface area contributed by atoms with E-state index in [1.807, 2.05) is 0 Å². The molecule has 0 aliphatic heterocycles. The number of carbonyl (C=O) groups excluding carboxylic acids is 1. The van der Waals surface area contributed by atoms with Crippen LogP contribution in [-0.4, -0.2) is 35.4 Å². The molecule has 0 radical (unpaired) electrons. The zero-order chi connectivity index (χ0) is 12.8. The van der Waals surface area contributed by atoms with Gasteiger partial charge in [0.25, 0.3) is 0 Å². The van der Waals surface area contributed by atoms with E-state index < -0.39 is 11.9 Å². The summed E-state index contributed by atoms with van der Waals surface area (Å²) in [6.45, 7) is 1.07. The highest BCUT2D eigenvalue weighted by atomic mass is 19.1. The molecule has 1 unspecified atom stereocenters. The molecule has 17 heavy (non-hydrogen) atoms. The van der Waals surface area contributed by atoms with Gasteiger partial charge in [0.1, 0.15) is 5.82 Å². The largest absolute Gasteiger partial charge is 0.394 e. The number of benzene rings is 1. The van der Waals surface area contributed by atoms with Crippen LogP contribution in [0.1, 0.15) is 6.92 Å². The number of amides is 1. The lowest BCUT2D eigenvalue weighted by atomic mass is 10.2. The Hall–Kier alpha value is -1.66. The van der Waals surface area contributed by atoms with Gasteiger partial charge in [0.2, 0.25) is 5.91 Å². The molecule has 5 nitrogen and oxygen atoms in total. The van der Waals surface area contributed by atoms with Crippen molar-refractivity contribution < 1.29 is 19.4 Å². The van der Waals surface area contributed by atoms with Crippen molar-refractivity contribution in [2.45, 2.75) is 13.0 Å². The monoisotopic (exact) mass is 242 g/mol. The minimum atomic E-state index is -0.885. The van der Waals surface area contributed by atoms with Gasteiger partial charge in [0.15, 0.2) is 0 Å². The zero-order valence-electron chi connectivity index (χ0n) is 9.40. The maximum absolute atomic E-state index is 13.3. The molecular weight excluding hydrogens is 227 g/mol. The molecule has 1 atom stereocenters. The van der Waals surface area contributed by atoms with Gasteiger partial charge >= 0.3 is 0 Å². The summed E-state index contributed by atoms with van der Waals surface area (Å²) in [5, 5.41) is 22.9. The quantitative estimate of drug-likeness (QED) is 0.607. The lowest BCUT2D eigenvalue weighted by Gasteiger charge is -2.12. The number of hydrogen-bond acceptors (Lipinski definition) is 4. The summed E-state index contributed by atoms with van der Waals surface area (Å²) in [4.78, 5) is 10.8.